The topological polar surface area (TPSA) is 79.6 Å². The Labute approximate surface area is 119 Å². The first-order valence-electron chi connectivity index (χ1n) is 6.63. The van der Waals surface area contributed by atoms with E-state index in [0.717, 1.165) is 18.4 Å². The molecular weight excluding hydrogens is 280 g/mol. The van der Waals surface area contributed by atoms with Crippen molar-refractivity contribution >= 4 is 16.0 Å². The summed E-state index contributed by atoms with van der Waals surface area (Å²) in [6.07, 6.45) is 4.72. The average molecular weight is 300 g/mol. The number of aromatic nitrogens is 1. The predicted molar refractivity (Wildman–Crippen MR) is 75.3 cm³/mol. The number of hydrogen-bond donors (Lipinski definition) is 1. The normalized spacial score (nSPS) is 21.0. The Balaban J connectivity index is 2.13. The van der Waals surface area contributed by atoms with Gasteiger partial charge in [-0.3, -0.25) is 0 Å². The van der Waals surface area contributed by atoms with Gasteiger partial charge in [0.25, 0.3) is 0 Å². The lowest BCUT2D eigenvalue weighted by Crippen LogP contribution is -2.40. The van der Waals surface area contributed by atoms with Gasteiger partial charge in [0.1, 0.15) is 5.69 Å². The predicted octanol–water partition coefficient (Wildman–Crippen LogP) is 1.17. The Morgan fingerprint density at radius 3 is 2.80 bits per heavy atom. The molecule has 0 radical (unpaired) electrons. The van der Waals surface area contributed by atoms with Gasteiger partial charge >= 0.3 is 5.97 Å². The van der Waals surface area contributed by atoms with Gasteiger partial charge in [-0.1, -0.05) is 0 Å². The maximum absolute atomic E-state index is 11.6. The number of rotatable bonds is 4. The fourth-order valence-electron chi connectivity index (χ4n) is 2.78. The molecule has 1 fully saturated rings. The van der Waals surface area contributed by atoms with Crippen molar-refractivity contribution in [3.8, 4) is 0 Å². The molecule has 0 aliphatic carbocycles. The van der Waals surface area contributed by atoms with E-state index < -0.39 is 16.0 Å². The minimum absolute atomic E-state index is 0.156. The van der Waals surface area contributed by atoms with Crippen molar-refractivity contribution in [1.82, 2.24) is 8.87 Å². The van der Waals surface area contributed by atoms with Crippen LogP contribution in [-0.2, 0) is 16.6 Å². The number of nitrogens with zero attached hydrogens (tertiary/aromatic N) is 2. The Kier molecular flexibility index (Phi) is 4.19. The first kappa shape index (κ1) is 15.1. The average Bonchev–Trinajstić information content (AvgIpc) is 2.69. The van der Waals surface area contributed by atoms with Gasteiger partial charge < -0.3 is 9.67 Å². The maximum Gasteiger partial charge on any atom is 0.352 e. The van der Waals surface area contributed by atoms with Crippen LogP contribution in [0, 0.1) is 12.8 Å². The molecule has 0 amide bonds. The van der Waals surface area contributed by atoms with Crippen LogP contribution in [0.5, 0.6) is 0 Å². The van der Waals surface area contributed by atoms with Gasteiger partial charge in [0.05, 0.1) is 6.26 Å². The molecule has 1 unspecified atom stereocenters. The Bertz CT molecular complexity index is 606. The molecule has 1 aromatic rings. The molecule has 0 aromatic carbocycles. The first-order valence-corrected chi connectivity index (χ1v) is 8.48. The summed E-state index contributed by atoms with van der Waals surface area (Å²) in [6.45, 7) is 3.34. The summed E-state index contributed by atoms with van der Waals surface area (Å²) in [5.41, 5.74) is 1.02. The standard InChI is InChI=1S/C13H20N2O4S/c1-10-5-7-14(12(10)13(16)17)8-11-4-3-6-15(9-11)20(2,18)19/h5,7,11H,3-4,6,8-9H2,1-2H3,(H,16,17). The Morgan fingerprint density at radius 2 is 2.20 bits per heavy atom. The molecular formula is C13H20N2O4S. The van der Waals surface area contributed by atoms with Crippen molar-refractivity contribution in [1.29, 1.82) is 0 Å². The maximum atomic E-state index is 11.6. The molecule has 1 aromatic heterocycles. The molecule has 20 heavy (non-hydrogen) atoms. The van der Waals surface area contributed by atoms with E-state index in [1.165, 1.54) is 10.6 Å². The summed E-state index contributed by atoms with van der Waals surface area (Å²) in [5, 5.41) is 9.22. The molecule has 0 bridgehead atoms. The number of aryl methyl sites for hydroxylation is 1. The Hall–Kier alpha value is -1.34. The molecule has 6 nitrogen and oxygen atoms in total. The number of piperidine rings is 1. The summed E-state index contributed by atoms with van der Waals surface area (Å²) in [5.74, 6) is -0.786. The lowest BCUT2D eigenvalue weighted by molar-refractivity contribution is 0.0682. The zero-order chi connectivity index (χ0) is 14.9. The van der Waals surface area contributed by atoms with Gasteiger partial charge in [-0.05, 0) is 37.3 Å². The molecule has 1 aliphatic heterocycles. The van der Waals surface area contributed by atoms with E-state index in [0.29, 0.717) is 25.3 Å². The highest BCUT2D eigenvalue weighted by molar-refractivity contribution is 7.88. The van der Waals surface area contributed by atoms with Crippen molar-refractivity contribution in [3.63, 3.8) is 0 Å². The minimum atomic E-state index is -3.16. The third-order valence-electron chi connectivity index (χ3n) is 3.77. The van der Waals surface area contributed by atoms with Gasteiger partial charge in [0, 0.05) is 25.8 Å². The fraction of sp³-hybridized carbons (Fsp3) is 0.615. The summed E-state index contributed by atoms with van der Waals surface area (Å²) in [7, 11) is -3.16. The highest BCUT2D eigenvalue weighted by Gasteiger charge is 2.27. The zero-order valence-corrected chi connectivity index (χ0v) is 12.6. The van der Waals surface area contributed by atoms with Crippen LogP contribution < -0.4 is 0 Å². The van der Waals surface area contributed by atoms with Gasteiger partial charge in [0.15, 0.2) is 0 Å². The van der Waals surface area contributed by atoms with Crippen molar-refractivity contribution in [2.24, 2.45) is 5.92 Å². The van der Waals surface area contributed by atoms with E-state index >= 15 is 0 Å². The van der Waals surface area contributed by atoms with Crippen molar-refractivity contribution in [2.45, 2.75) is 26.3 Å². The molecule has 1 aliphatic rings. The number of carbonyl (C=O) groups is 1. The Morgan fingerprint density at radius 1 is 1.50 bits per heavy atom. The van der Waals surface area contributed by atoms with E-state index in [-0.39, 0.29) is 5.92 Å². The second kappa shape index (κ2) is 5.57. The third kappa shape index (κ3) is 3.21. The van der Waals surface area contributed by atoms with E-state index in [9.17, 15) is 18.3 Å². The molecule has 112 valence electrons. The molecule has 2 rings (SSSR count). The number of carboxylic acids is 1. The number of carboxylic acid groups (broad SMARTS) is 1. The van der Waals surface area contributed by atoms with Crippen molar-refractivity contribution < 1.29 is 18.3 Å². The fourth-order valence-corrected chi connectivity index (χ4v) is 3.72. The zero-order valence-electron chi connectivity index (χ0n) is 11.7. The van der Waals surface area contributed by atoms with Gasteiger partial charge in [-0.15, -0.1) is 0 Å². The second-order valence-corrected chi connectivity index (χ2v) is 7.42. The second-order valence-electron chi connectivity index (χ2n) is 5.43. The molecule has 0 spiro atoms. The third-order valence-corrected chi connectivity index (χ3v) is 5.04. The van der Waals surface area contributed by atoms with Gasteiger partial charge in [0.2, 0.25) is 10.0 Å². The highest BCUT2D eigenvalue weighted by atomic mass is 32.2. The van der Waals surface area contributed by atoms with Crippen molar-refractivity contribution in [3.05, 3.63) is 23.5 Å². The van der Waals surface area contributed by atoms with Crippen LogP contribution in [0.1, 0.15) is 28.9 Å². The molecule has 1 N–H and O–H groups in total. The summed E-state index contributed by atoms with van der Waals surface area (Å²) >= 11 is 0. The van der Waals surface area contributed by atoms with Crippen LogP contribution in [0.25, 0.3) is 0 Å². The van der Waals surface area contributed by atoms with Gasteiger partial charge in [-0.25, -0.2) is 17.5 Å². The largest absolute Gasteiger partial charge is 0.477 e. The van der Waals surface area contributed by atoms with Crippen LogP contribution in [0.15, 0.2) is 12.3 Å². The summed E-state index contributed by atoms with van der Waals surface area (Å²) in [6, 6.07) is 1.78. The van der Waals surface area contributed by atoms with Crippen LogP contribution >= 0.6 is 0 Å². The van der Waals surface area contributed by atoms with E-state index in [1.807, 2.05) is 0 Å². The molecule has 1 saturated heterocycles. The lowest BCUT2D eigenvalue weighted by Gasteiger charge is -2.31. The quantitative estimate of drug-likeness (QED) is 0.905. The molecule has 7 heteroatoms. The highest BCUT2D eigenvalue weighted by Crippen LogP contribution is 2.22. The summed E-state index contributed by atoms with van der Waals surface area (Å²) in [4.78, 5) is 11.2. The monoisotopic (exact) mass is 300 g/mol. The number of hydrogen-bond acceptors (Lipinski definition) is 3. The van der Waals surface area contributed by atoms with E-state index in [4.69, 9.17) is 0 Å². The molecule has 0 saturated carbocycles. The molecule has 2 heterocycles. The lowest BCUT2D eigenvalue weighted by atomic mass is 9.99. The van der Waals surface area contributed by atoms with E-state index in [2.05, 4.69) is 0 Å². The van der Waals surface area contributed by atoms with E-state index in [1.54, 1.807) is 23.8 Å². The number of sulfonamides is 1. The summed E-state index contributed by atoms with van der Waals surface area (Å²) < 4.78 is 26.4. The first-order chi connectivity index (χ1) is 9.29. The number of aromatic carboxylic acids is 1. The van der Waals surface area contributed by atoms with Crippen LogP contribution in [-0.4, -0.2) is 47.7 Å². The van der Waals surface area contributed by atoms with Crippen LogP contribution in [0.2, 0.25) is 0 Å². The minimum Gasteiger partial charge on any atom is -0.477 e. The molecule has 1 atom stereocenters. The van der Waals surface area contributed by atoms with Crippen LogP contribution in [0.3, 0.4) is 0 Å². The SMILES string of the molecule is Cc1ccn(CC2CCCN(S(C)(=O)=O)C2)c1C(=O)O. The van der Waals surface area contributed by atoms with Gasteiger partial charge in [-0.2, -0.15) is 0 Å². The smallest absolute Gasteiger partial charge is 0.352 e. The van der Waals surface area contributed by atoms with Crippen LogP contribution in [0.4, 0.5) is 0 Å². The van der Waals surface area contributed by atoms with Crippen molar-refractivity contribution in [2.75, 3.05) is 19.3 Å².